The van der Waals surface area contributed by atoms with Crippen molar-refractivity contribution in [3.05, 3.63) is 64.7 Å². The summed E-state index contributed by atoms with van der Waals surface area (Å²) >= 11 is 5.99. The molecule has 0 bridgehead atoms. The van der Waals surface area contributed by atoms with E-state index in [9.17, 15) is 8.42 Å². The average molecular weight is 523 g/mol. The van der Waals surface area contributed by atoms with Crippen LogP contribution < -0.4 is 15.8 Å². The predicted octanol–water partition coefficient (Wildman–Crippen LogP) is 2.90. The van der Waals surface area contributed by atoms with Gasteiger partial charge in [0.25, 0.3) is 0 Å². The second-order valence-electron chi connectivity index (χ2n) is 5.69. The van der Waals surface area contributed by atoms with Crippen LogP contribution in [0.15, 0.2) is 58.4 Å². The van der Waals surface area contributed by atoms with Crippen LogP contribution in [0.4, 0.5) is 0 Å². The SMILES string of the molecule is CCNC(=NCc1cccc(Cl)c1)NCCc1ccc(S(N)(=O)=O)cc1.I. The van der Waals surface area contributed by atoms with Crippen LogP contribution in [0.25, 0.3) is 0 Å². The monoisotopic (exact) mass is 522 g/mol. The van der Waals surface area contributed by atoms with Crippen LogP contribution in [0.3, 0.4) is 0 Å². The van der Waals surface area contributed by atoms with Gasteiger partial charge in [0.2, 0.25) is 10.0 Å². The maximum absolute atomic E-state index is 11.3. The lowest BCUT2D eigenvalue weighted by molar-refractivity contribution is 0.598. The van der Waals surface area contributed by atoms with Crippen molar-refractivity contribution in [1.29, 1.82) is 0 Å². The molecule has 4 N–H and O–H groups in total. The van der Waals surface area contributed by atoms with Gasteiger partial charge in [0.05, 0.1) is 11.4 Å². The van der Waals surface area contributed by atoms with Crippen LogP contribution in [0, 0.1) is 0 Å². The third-order valence-electron chi connectivity index (χ3n) is 3.61. The second-order valence-corrected chi connectivity index (χ2v) is 7.69. The van der Waals surface area contributed by atoms with E-state index in [1.807, 2.05) is 31.2 Å². The third-order valence-corrected chi connectivity index (χ3v) is 4.78. The van der Waals surface area contributed by atoms with E-state index in [0.717, 1.165) is 24.1 Å². The molecule has 0 fully saturated rings. The van der Waals surface area contributed by atoms with Crippen LogP contribution in [-0.4, -0.2) is 27.5 Å². The molecule has 0 aliphatic heterocycles. The van der Waals surface area contributed by atoms with E-state index in [4.69, 9.17) is 16.7 Å². The number of guanidine groups is 1. The zero-order chi connectivity index (χ0) is 19.0. The van der Waals surface area contributed by atoms with Gasteiger partial charge >= 0.3 is 0 Å². The number of sulfonamides is 1. The number of benzene rings is 2. The summed E-state index contributed by atoms with van der Waals surface area (Å²) in [6.07, 6.45) is 0.729. The summed E-state index contributed by atoms with van der Waals surface area (Å²) in [7, 11) is -3.65. The van der Waals surface area contributed by atoms with Gasteiger partial charge in [-0.1, -0.05) is 35.9 Å². The lowest BCUT2D eigenvalue weighted by atomic mass is 10.1. The number of nitrogens with two attached hydrogens (primary N) is 1. The number of nitrogens with one attached hydrogen (secondary N) is 2. The predicted molar refractivity (Wildman–Crippen MR) is 121 cm³/mol. The number of primary sulfonamides is 1. The highest BCUT2D eigenvalue weighted by molar-refractivity contribution is 14.0. The van der Waals surface area contributed by atoms with Crippen molar-refractivity contribution in [3.8, 4) is 0 Å². The van der Waals surface area contributed by atoms with E-state index in [2.05, 4.69) is 15.6 Å². The molecule has 0 unspecified atom stereocenters. The summed E-state index contributed by atoms with van der Waals surface area (Å²) < 4.78 is 22.5. The molecule has 0 amide bonds. The van der Waals surface area contributed by atoms with Crippen molar-refractivity contribution >= 4 is 51.6 Å². The first-order chi connectivity index (χ1) is 12.4. The Hall–Kier alpha value is -1.36. The lowest BCUT2D eigenvalue weighted by Crippen LogP contribution is -2.38. The zero-order valence-electron chi connectivity index (χ0n) is 15.0. The van der Waals surface area contributed by atoms with E-state index in [-0.39, 0.29) is 28.9 Å². The normalized spacial score (nSPS) is 11.6. The number of rotatable bonds is 7. The standard InChI is InChI=1S/C18H23ClN4O2S.HI/c1-2-21-18(23-13-15-4-3-5-16(19)12-15)22-11-10-14-6-8-17(9-7-14)26(20,24)25;/h3-9,12H,2,10-11,13H2,1H3,(H2,20,24,25)(H2,21,22,23);1H. The van der Waals surface area contributed by atoms with Crippen molar-refractivity contribution in [1.82, 2.24) is 10.6 Å². The quantitative estimate of drug-likeness (QED) is 0.296. The van der Waals surface area contributed by atoms with E-state index >= 15 is 0 Å². The minimum absolute atomic E-state index is 0. The van der Waals surface area contributed by atoms with E-state index in [1.165, 1.54) is 12.1 Å². The fraction of sp³-hybridized carbons (Fsp3) is 0.278. The molecule has 2 rings (SSSR count). The van der Waals surface area contributed by atoms with Gasteiger partial charge in [0.1, 0.15) is 0 Å². The van der Waals surface area contributed by atoms with Gasteiger partial charge in [-0.3, -0.25) is 0 Å². The summed E-state index contributed by atoms with van der Waals surface area (Å²) in [6, 6.07) is 14.2. The van der Waals surface area contributed by atoms with Gasteiger partial charge in [0, 0.05) is 18.1 Å². The molecule has 0 atom stereocenters. The van der Waals surface area contributed by atoms with Crippen LogP contribution in [0.2, 0.25) is 5.02 Å². The molecular formula is C18H24ClIN4O2S. The first-order valence-electron chi connectivity index (χ1n) is 8.27. The smallest absolute Gasteiger partial charge is 0.238 e. The van der Waals surface area contributed by atoms with Gasteiger partial charge in [-0.05, 0) is 48.7 Å². The molecule has 0 spiro atoms. The van der Waals surface area contributed by atoms with Gasteiger partial charge < -0.3 is 10.6 Å². The summed E-state index contributed by atoms with van der Waals surface area (Å²) in [4.78, 5) is 4.66. The molecule has 0 heterocycles. The highest BCUT2D eigenvalue weighted by Crippen LogP contribution is 2.11. The van der Waals surface area contributed by atoms with Crippen molar-refractivity contribution < 1.29 is 8.42 Å². The van der Waals surface area contributed by atoms with E-state index in [1.54, 1.807) is 12.1 Å². The Morgan fingerprint density at radius 2 is 1.81 bits per heavy atom. The van der Waals surface area contributed by atoms with Crippen LogP contribution in [-0.2, 0) is 23.0 Å². The molecule has 0 saturated carbocycles. The highest BCUT2D eigenvalue weighted by atomic mass is 127. The Bertz CT molecular complexity index is 858. The molecule has 27 heavy (non-hydrogen) atoms. The van der Waals surface area contributed by atoms with Crippen LogP contribution in [0.5, 0.6) is 0 Å². The average Bonchev–Trinajstić information content (AvgIpc) is 2.59. The zero-order valence-corrected chi connectivity index (χ0v) is 18.9. The summed E-state index contributed by atoms with van der Waals surface area (Å²) in [5.41, 5.74) is 2.05. The van der Waals surface area contributed by atoms with Crippen LogP contribution in [0.1, 0.15) is 18.1 Å². The van der Waals surface area contributed by atoms with Crippen molar-refractivity contribution in [2.45, 2.75) is 24.8 Å². The molecule has 6 nitrogen and oxygen atoms in total. The van der Waals surface area contributed by atoms with E-state index < -0.39 is 10.0 Å². The maximum Gasteiger partial charge on any atom is 0.238 e. The first-order valence-corrected chi connectivity index (χ1v) is 10.2. The first kappa shape index (κ1) is 23.7. The van der Waals surface area contributed by atoms with Crippen molar-refractivity contribution in [2.24, 2.45) is 10.1 Å². The minimum atomic E-state index is -3.65. The molecule has 0 saturated heterocycles. The molecule has 148 valence electrons. The third kappa shape index (κ3) is 8.46. The van der Waals surface area contributed by atoms with Gasteiger partial charge in [-0.25, -0.2) is 18.5 Å². The molecule has 9 heteroatoms. The molecule has 0 aliphatic carbocycles. The molecule has 2 aromatic carbocycles. The number of hydrogen-bond donors (Lipinski definition) is 3. The number of aliphatic imine (C=N–C) groups is 1. The maximum atomic E-state index is 11.3. The molecule has 0 radical (unpaired) electrons. The second kappa shape index (κ2) is 11.5. The number of hydrogen-bond acceptors (Lipinski definition) is 3. The lowest BCUT2D eigenvalue weighted by Gasteiger charge is -2.11. The molecular weight excluding hydrogens is 499 g/mol. The van der Waals surface area contributed by atoms with Crippen molar-refractivity contribution in [2.75, 3.05) is 13.1 Å². The minimum Gasteiger partial charge on any atom is -0.357 e. The van der Waals surface area contributed by atoms with Gasteiger partial charge in [-0.2, -0.15) is 0 Å². The van der Waals surface area contributed by atoms with Crippen LogP contribution >= 0.6 is 35.6 Å². The molecule has 2 aromatic rings. The summed E-state index contributed by atoms with van der Waals surface area (Å²) in [5, 5.41) is 12.2. The largest absolute Gasteiger partial charge is 0.357 e. The van der Waals surface area contributed by atoms with Gasteiger partial charge in [0.15, 0.2) is 5.96 Å². The van der Waals surface area contributed by atoms with E-state index in [0.29, 0.717) is 24.1 Å². The fourth-order valence-electron chi connectivity index (χ4n) is 2.32. The summed E-state index contributed by atoms with van der Waals surface area (Å²) in [6.45, 7) is 3.95. The summed E-state index contributed by atoms with van der Waals surface area (Å²) in [5.74, 6) is 0.716. The fourth-order valence-corrected chi connectivity index (χ4v) is 3.05. The van der Waals surface area contributed by atoms with Gasteiger partial charge in [-0.15, -0.1) is 24.0 Å². The topological polar surface area (TPSA) is 96.6 Å². The molecule has 0 aromatic heterocycles. The molecule has 0 aliphatic rings. The Balaban J connectivity index is 0.00000364. The number of halogens is 2. The highest BCUT2D eigenvalue weighted by Gasteiger charge is 2.06. The Morgan fingerprint density at radius 1 is 1.11 bits per heavy atom. The Morgan fingerprint density at radius 3 is 2.41 bits per heavy atom. The number of nitrogens with zero attached hydrogens (tertiary/aromatic N) is 1. The Labute approximate surface area is 182 Å². The Kier molecular flexibility index (Phi) is 10.1. The van der Waals surface area contributed by atoms with Crippen molar-refractivity contribution in [3.63, 3.8) is 0 Å².